The summed E-state index contributed by atoms with van der Waals surface area (Å²) in [5.74, 6) is 1.00. The normalized spacial score (nSPS) is 11.0. The zero-order chi connectivity index (χ0) is 11.3. The molecule has 0 saturated heterocycles. The van der Waals surface area contributed by atoms with Gasteiger partial charge in [-0.2, -0.15) is 0 Å². The van der Waals surface area contributed by atoms with Gasteiger partial charge in [0.1, 0.15) is 0 Å². The minimum absolute atomic E-state index is 0.0709. The fourth-order valence-corrected chi connectivity index (χ4v) is 2.57. The maximum absolute atomic E-state index is 9.15. The lowest BCUT2D eigenvalue weighted by atomic mass is 10.2. The zero-order valence-corrected chi connectivity index (χ0v) is 10.6. The molecule has 0 unspecified atom stereocenters. The highest BCUT2D eigenvalue weighted by molar-refractivity contribution is 7.99. The second kappa shape index (κ2) is 6.38. The van der Waals surface area contributed by atoms with Crippen molar-refractivity contribution in [2.75, 3.05) is 26.4 Å². The second-order valence-electron chi connectivity index (χ2n) is 3.56. The first-order valence-corrected chi connectivity index (χ1v) is 6.16. The molecule has 4 heteroatoms. The van der Waals surface area contributed by atoms with Gasteiger partial charge in [-0.05, 0) is 31.8 Å². The lowest BCUT2D eigenvalue weighted by Gasteiger charge is -2.11. The molecule has 15 heavy (non-hydrogen) atoms. The Labute approximate surface area is 100 Å². The molecule has 1 rings (SSSR count). The van der Waals surface area contributed by atoms with E-state index >= 15 is 0 Å². The Kier molecular flexibility index (Phi) is 5.47. The summed E-state index contributed by atoms with van der Waals surface area (Å²) in [6.45, 7) is 1.09. The summed E-state index contributed by atoms with van der Waals surface area (Å²) in [4.78, 5) is 3.21. The van der Waals surface area contributed by atoms with E-state index in [0.29, 0.717) is 0 Å². The summed E-state index contributed by atoms with van der Waals surface area (Å²) >= 11 is 7.64. The number of rotatable bonds is 5. The van der Waals surface area contributed by atoms with Crippen molar-refractivity contribution in [3.63, 3.8) is 0 Å². The number of aliphatic hydroxyl groups is 1. The summed E-state index contributed by atoms with van der Waals surface area (Å²) < 4.78 is 0. The molecule has 0 bridgehead atoms. The fourth-order valence-electron chi connectivity index (χ4n) is 1.13. The summed E-state index contributed by atoms with van der Waals surface area (Å²) in [6.07, 6.45) is 0. The molecule has 2 nitrogen and oxygen atoms in total. The number of benzene rings is 1. The van der Waals surface area contributed by atoms with Crippen LogP contribution < -0.4 is 0 Å². The minimum Gasteiger partial charge on any atom is -0.392 e. The van der Waals surface area contributed by atoms with Crippen molar-refractivity contribution in [3.8, 4) is 0 Å². The molecule has 1 N–H and O–H groups in total. The quantitative estimate of drug-likeness (QED) is 0.807. The number of halogens is 1. The second-order valence-corrected chi connectivity index (χ2v) is 5.14. The van der Waals surface area contributed by atoms with E-state index in [1.54, 1.807) is 11.8 Å². The molecule has 1 aromatic carbocycles. The van der Waals surface area contributed by atoms with Crippen LogP contribution in [0.1, 0.15) is 5.56 Å². The van der Waals surface area contributed by atoms with E-state index in [2.05, 4.69) is 4.90 Å². The zero-order valence-electron chi connectivity index (χ0n) is 9.03. The molecule has 0 atom stereocenters. The van der Waals surface area contributed by atoms with Crippen molar-refractivity contribution in [1.82, 2.24) is 4.90 Å². The smallest absolute Gasteiger partial charge is 0.0692 e. The topological polar surface area (TPSA) is 23.5 Å². The van der Waals surface area contributed by atoms with Gasteiger partial charge in [0.2, 0.25) is 0 Å². The molecule has 0 aromatic heterocycles. The van der Waals surface area contributed by atoms with E-state index in [0.717, 1.165) is 27.8 Å². The van der Waals surface area contributed by atoms with Crippen molar-refractivity contribution < 1.29 is 5.11 Å². The van der Waals surface area contributed by atoms with Gasteiger partial charge >= 0.3 is 0 Å². The number of aliphatic hydroxyl groups excluding tert-OH is 1. The lowest BCUT2D eigenvalue weighted by Crippen LogP contribution is -2.14. The Morgan fingerprint density at radius 3 is 2.73 bits per heavy atom. The molecule has 0 aliphatic heterocycles. The summed E-state index contributed by atoms with van der Waals surface area (Å²) in [7, 11) is 4.09. The van der Waals surface area contributed by atoms with Gasteiger partial charge < -0.3 is 10.0 Å². The van der Waals surface area contributed by atoms with E-state index in [4.69, 9.17) is 16.7 Å². The molecule has 0 amide bonds. The Hall–Kier alpha value is -0.220. The highest BCUT2D eigenvalue weighted by atomic mass is 35.5. The molecular weight excluding hydrogens is 230 g/mol. The van der Waals surface area contributed by atoms with Crippen LogP contribution in [0.2, 0.25) is 5.02 Å². The molecule has 0 fully saturated rings. The predicted octanol–water partition coefficient (Wildman–Crippen LogP) is 2.49. The first kappa shape index (κ1) is 12.8. The van der Waals surface area contributed by atoms with Gasteiger partial charge in [-0.3, -0.25) is 0 Å². The number of hydrogen-bond acceptors (Lipinski definition) is 3. The maximum Gasteiger partial charge on any atom is 0.0692 e. The van der Waals surface area contributed by atoms with E-state index in [9.17, 15) is 0 Å². The standard InChI is InChI=1S/C11H16ClNOS/c1-13(2)5-6-15-11-7-10(12)4-3-9(11)8-14/h3-4,7,14H,5-6,8H2,1-2H3. The molecule has 84 valence electrons. The van der Waals surface area contributed by atoms with E-state index in [-0.39, 0.29) is 6.61 Å². The van der Waals surface area contributed by atoms with Crippen LogP contribution in [-0.4, -0.2) is 36.4 Å². The third kappa shape index (κ3) is 4.43. The molecule has 0 radical (unpaired) electrons. The summed E-state index contributed by atoms with van der Waals surface area (Å²) in [5.41, 5.74) is 0.947. The summed E-state index contributed by atoms with van der Waals surface area (Å²) in [5, 5.41) is 9.87. The van der Waals surface area contributed by atoms with Crippen LogP contribution in [0.5, 0.6) is 0 Å². The van der Waals surface area contributed by atoms with Gasteiger partial charge in [0.25, 0.3) is 0 Å². The number of hydrogen-bond donors (Lipinski definition) is 1. The van der Waals surface area contributed by atoms with E-state index < -0.39 is 0 Å². The average Bonchev–Trinajstić information content (AvgIpc) is 2.17. The van der Waals surface area contributed by atoms with E-state index in [1.807, 2.05) is 32.3 Å². The maximum atomic E-state index is 9.15. The van der Waals surface area contributed by atoms with Crippen molar-refractivity contribution in [1.29, 1.82) is 0 Å². The SMILES string of the molecule is CN(C)CCSc1cc(Cl)ccc1CO. The van der Waals surface area contributed by atoms with Crippen molar-refractivity contribution in [3.05, 3.63) is 28.8 Å². The van der Waals surface area contributed by atoms with Crippen LogP contribution in [0.15, 0.2) is 23.1 Å². The first-order chi connectivity index (χ1) is 7.13. The van der Waals surface area contributed by atoms with Gasteiger partial charge in [-0.25, -0.2) is 0 Å². The van der Waals surface area contributed by atoms with Crippen LogP contribution in [-0.2, 0) is 6.61 Å². The highest BCUT2D eigenvalue weighted by Gasteiger charge is 2.03. The van der Waals surface area contributed by atoms with Gasteiger partial charge in [0.15, 0.2) is 0 Å². The Balaban J connectivity index is 2.62. The molecule has 0 spiro atoms. The van der Waals surface area contributed by atoms with Crippen LogP contribution in [0.3, 0.4) is 0 Å². The number of thioether (sulfide) groups is 1. The molecular formula is C11H16ClNOS. The monoisotopic (exact) mass is 245 g/mol. The van der Waals surface area contributed by atoms with Gasteiger partial charge in [0.05, 0.1) is 6.61 Å². The molecule has 0 aliphatic carbocycles. The Bertz CT molecular complexity index is 317. The molecule has 0 heterocycles. The van der Waals surface area contributed by atoms with Crippen LogP contribution in [0.4, 0.5) is 0 Å². The van der Waals surface area contributed by atoms with Gasteiger partial charge in [-0.15, -0.1) is 11.8 Å². The average molecular weight is 246 g/mol. The predicted molar refractivity (Wildman–Crippen MR) is 66.7 cm³/mol. The van der Waals surface area contributed by atoms with Crippen LogP contribution >= 0.6 is 23.4 Å². The van der Waals surface area contributed by atoms with Gasteiger partial charge in [-0.1, -0.05) is 17.7 Å². The Morgan fingerprint density at radius 2 is 2.13 bits per heavy atom. The molecule has 0 aliphatic rings. The molecule has 0 saturated carbocycles. The van der Waals surface area contributed by atoms with Crippen LogP contribution in [0, 0.1) is 0 Å². The molecule has 1 aromatic rings. The van der Waals surface area contributed by atoms with Crippen molar-refractivity contribution in [2.24, 2.45) is 0 Å². The third-order valence-corrected chi connectivity index (χ3v) is 3.31. The Morgan fingerprint density at radius 1 is 1.40 bits per heavy atom. The lowest BCUT2D eigenvalue weighted by molar-refractivity contribution is 0.279. The highest BCUT2D eigenvalue weighted by Crippen LogP contribution is 2.26. The minimum atomic E-state index is 0.0709. The first-order valence-electron chi connectivity index (χ1n) is 4.80. The fraction of sp³-hybridized carbons (Fsp3) is 0.455. The van der Waals surface area contributed by atoms with E-state index in [1.165, 1.54) is 0 Å². The third-order valence-electron chi connectivity index (χ3n) is 2.00. The van der Waals surface area contributed by atoms with Crippen molar-refractivity contribution >= 4 is 23.4 Å². The van der Waals surface area contributed by atoms with Gasteiger partial charge in [0, 0.05) is 22.2 Å². The largest absolute Gasteiger partial charge is 0.392 e. The van der Waals surface area contributed by atoms with Crippen LogP contribution in [0.25, 0.3) is 0 Å². The summed E-state index contributed by atoms with van der Waals surface area (Å²) in [6, 6.07) is 5.59. The van der Waals surface area contributed by atoms with Crippen molar-refractivity contribution in [2.45, 2.75) is 11.5 Å². The number of nitrogens with zero attached hydrogens (tertiary/aromatic N) is 1.